The molecule has 0 aliphatic carbocycles. The van der Waals surface area contributed by atoms with Crippen LogP contribution >= 0.6 is 0 Å². The quantitative estimate of drug-likeness (QED) is 0.0478. The van der Waals surface area contributed by atoms with Crippen LogP contribution in [0.5, 0.6) is 0 Å². The largest absolute Gasteiger partial charge is 0.387 e. The molecule has 0 fully saturated rings. The third-order valence-electron chi connectivity index (χ3n) is 10.8. The second kappa shape index (κ2) is 39.2. The number of nitrogens with zero attached hydrogens (tertiary/aromatic N) is 6. The van der Waals surface area contributed by atoms with Gasteiger partial charge in [-0.05, 0) is 37.1 Å². The number of anilines is 1. The molecule has 0 bridgehead atoms. The Kier molecular flexibility index (Phi) is 32.4. The van der Waals surface area contributed by atoms with Crippen LogP contribution in [0.3, 0.4) is 0 Å². The Hall–Kier alpha value is -6.17. The van der Waals surface area contributed by atoms with Gasteiger partial charge in [0.2, 0.25) is 11.8 Å². The van der Waals surface area contributed by atoms with Gasteiger partial charge in [-0.1, -0.05) is 6.92 Å². The second-order valence-electron chi connectivity index (χ2n) is 17.0. The number of hydrogen-bond donors (Lipinski definition) is 3. The number of amidine groups is 1. The lowest BCUT2D eigenvalue weighted by Gasteiger charge is -2.21. The molecule has 2 aromatic rings. The van der Waals surface area contributed by atoms with Gasteiger partial charge in [-0.25, -0.2) is 10.1 Å². The summed E-state index contributed by atoms with van der Waals surface area (Å²) < 4.78 is 54.9. The number of amides is 6. The number of imide groups is 1. The zero-order chi connectivity index (χ0) is 56.0. The highest BCUT2D eigenvalue weighted by atomic mass is 16.7. The molecule has 4 N–H and O–H groups in total. The molecule has 0 aromatic carbocycles. The molecule has 26 nitrogen and oxygen atoms in total. The number of nitrogens with two attached hydrogens (primary N) is 1. The first-order valence-electron chi connectivity index (χ1n) is 26.0. The molecule has 0 spiro atoms. The van der Waals surface area contributed by atoms with Crippen molar-refractivity contribution >= 4 is 58.7 Å². The van der Waals surface area contributed by atoms with E-state index in [1.54, 1.807) is 43.3 Å². The minimum atomic E-state index is -0.502. The van der Waals surface area contributed by atoms with Crippen molar-refractivity contribution in [1.82, 2.24) is 30.1 Å². The Labute approximate surface area is 455 Å². The molecule has 6 amide bonds. The van der Waals surface area contributed by atoms with Gasteiger partial charge in [-0.15, -0.1) is 0 Å². The minimum Gasteiger partial charge on any atom is -0.387 e. The number of carbonyl (C=O) groups is 6. The molecule has 2 aliphatic heterocycles. The molecule has 4 heterocycles. The first-order chi connectivity index (χ1) is 38.0. The molecule has 432 valence electrons. The van der Waals surface area contributed by atoms with E-state index in [1.165, 1.54) is 17.5 Å². The van der Waals surface area contributed by atoms with E-state index in [2.05, 4.69) is 25.6 Å². The molecular formula is C52H77N9O17. The minimum absolute atomic E-state index is 0.103. The van der Waals surface area contributed by atoms with Crippen LogP contribution in [0.2, 0.25) is 0 Å². The standard InChI is InChI=1S/C52H77N9O17/c1-4-10-61(78-5-2)52(67)41-32-44-45(58-46(53)34-41)33-42(36-56-44)51(66)57-43-31-40(35-54-37-43)38-59(3)48(63)8-11-68-13-15-70-17-19-72-21-23-74-25-27-76-29-30-77-28-26-75-24-22-73-20-18-71-16-14-69-12-9-55-47(62)39-60-49(64)6-7-50(60)65/h6-7,31-33,35-37H,4-5,8-30,34,38-39H2,1-3H3,(H2,53,58)(H,55,62)(H,57,66). The number of carbonyl (C=O) groups excluding carboxylic acids is 6. The van der Waals surface area contributed by atoms with Crippen LogP contribution in [0, 0.1) is 0 Å². The molecular weight excluding hydrogens is 1020 g/mol. The number of fused-ring (bicyclic) bond motifs is 1. The fourth-order valence-electron chi connectivity index (χ4n) is 6.96. The molecule has 0 radical (unpaired) electrons. The van der Waals surface area contributed by atoms with Crippen LogP contribution < -0.4 is 16.4 Å². The maximum atomic E-state index is 13.3. The summed E-state index contributed by atoms with van der Waals surface area (Å²) in [5.41, 5.74) is 8.66. The van der Waals surface area contributed by atoms with Crippen LogP contribution in [-0.4, -0.2) is 232 Å². The van der Waals surface area contributed by atoms with Gasteiger partial charge < -0.3 is 68.6 Å². The first kappa shape index (κ1) is 64.4. The fraction of sp³-hybridized carbons (Fsp3) is 0.596. The highest BCUT2D eigenvalue weighted by Gasteiger charge is 2.26. The summed E-state index contributed by atoms with van der Waals surface area (Å²) in [6.07, 6.45) is 9.39. The highest BCUT2D eigenvalue weighted by molar-refractivity contribution is 6.14. The highest BCUT2D eigenvalue weighted by Crippen LogP contribution is 2.27. The van der Waals surface area contributed by atoms with Crippen molar-refractivity contribution in [2.24, 2.45) is 10.7 Å². The van der Waals surface area contributed by atoms with Crippen LogP contribution in [0.15, 0.2) is 53.4 Å². The van der Waals surface area contributed by atoms with Crippen LogP contribution in [0.25, 0.3) is 6.08 Å². The smallest absolute Gasteiger partial charge is 0.273 e. The molecule has 2 aliphatic rings. The Morgan fingerprint density at radius 1 is 0.679 bits per heavy atom. The van der Waals surface area contributed by atoms with Gasteiger partial charge in [-0.2, -0.15) is 0 Å². The molecule has 0 atom stereocenters. The zero-order valence-corrected chi connectivity index (χ0v) is 45.1. The number of ether oxygens (including phenoxy) is 10. The van der Waals surface area contributed by atoms with Gasteiger partial charge in [0.15, 0.2) is 0 Å². The third-order valence-corrected chi connectivity index (χ3v) is 10.8. The van der Waals surface area contributed by atoms with E-state index < -0.39 is 23.6 Å². The summed E-state index contributed by atoms with van der Waals surface area (Å²) in [4.78, 5) is 95.1. The zero-order valence-electron chi connectivity index (χ0n) is 45.1. The Morgan fingerprint density at radius 3 is 1.71 bits per heavy atom. The number of aromatic nitrogens is 2. The van der Waals surface area contributed by atoms with Crippen molar-refractivity contribution in [3.05, 3.63) is 65.3 Å². The molecule has 0 saturated carbocycles. The van der Waals surface area contributed by atoms with Crippen molar-refractivity contribution in [3.8, 4) is 0 Å². The Balaban J connectivity index is 0.880. The molecule has 4 rings (SSSR count). The van der Waals surface area contributed by atoms with E-state index in [0.717, 1.165) is 17.1 Å². The summed E-state index contributed by atoms with van der Waals surface area (Å²) in [6, 6.07) is 3.29. The summed E-state index contributed by atoms with van der Waals surface area (Å²) in [5, 5.41) is 6.72. The van der Waals surface area contributed by atoms with E-state index in [4.69, 9.17) is 57.9 Å². The number of aliphatic imine (C=N–C) groups is 1. The van der Waals surface area contributed by atoms with E-state index in [1.807, 2.05) is 6.92 Å². The Morgan fingerprint density at radius 2 is 1.19 bits per heavy atom. The predicted molar refractivity (Wildman–Crippen MR) is 282 cm³/mol. The summed E-state index contributed by atoms with van der Waals surface area (Å²) >= 11 is 0. The first-order valence-corrected chi connectivity index (χ1v) is 26.0. The number of pyridine rings is 2. The van der Waals surface area contributed by atoms with E-state index in [9.17, 15) is 28.8 Å². The number of rotatable bonds is 44. The number of nitrogens with one attached hydrogen (secondary N) is 2. The lowest BCUT2D eigenvalue weighted by molar-refractivity contribution is -0.180. The van der Waals surface area contributed by atoms with E-state index in [-0.39, 0.29) is 68.9 Å². The van der Waals surface area contributed by atoms with Crippen molar-refractivity contribution in [3.63, 3.8) is 0 Å². The summed E-state index contributed by atoms with van der Waals surface area (Å²) in [7, 11) is 1.68. The normalized spacial score (nSPS) is 13.0. The number of hydrogen-bond acceptors (Lipinski definition) is 21. The Bertz CT molecular complexity index is 2230. The third kappa shape index (κ3) is 26.5. The average molecular weight is 1100 g/mol. The van der Waals surface area contributed by atoms with E-state index >= 15 is 0 Å². The maximum Gasteiger partial charge on any atom is 0.273 e. The molecule has 26 heteroatoms. The average Bonchev–Trinajstić information content (AvgIpc) is 3.64. The van der Waals surface area contributed by atoms with Gasteiger partial charge in [0.25, 0.3) is 23.6 Å². The predicted octanol–water partition coefficient (Wildman–Crippen LogP) is 1.25. The van der Waals surface area contributed by atoms with Crippen LogP contribution in [0.1, 0.15) is 54.7 Å². The molecule has 0 saturated heterocycles. The van der Waals surface area contributed by atoms with Crippen molar-refractivity contribution in [2.75, 3.05) is 171 Å². The molecule has 2 aromatic heterocycles. The van der Waals surface area contributed by atoms with Gasteiger partial charge in [-0.3, -0.25) is 48.5 Å². The second-order valence-corrected chi connectivity index (χ2v) is 17.0. The van der Waals surface area contributed by atoms with Gasteiger partial charge in [0.05, 0.1) is 174 Å². The van der Waals surface area contributed by atoms with Crippen LogP contribution in [0.4, 0.5) is 11.4 Å². The van der Waals surface area contributed by atoms with Crippen LogP contribution in [-0.2, 0) is 82.7 Å². The molecule has 0 unspecified atom stereocenters. The van der Waals surface area contributed by atoms with E-state index in [0.29, 0.717) is 167 Å². The van der Waals surface area contributed by atoms with Crippen molar-refractivity contribution in [1.29, 1.82) is 0 Å². The maximum absolute atomic E-state index is 13.3. The van der Waals surface area contributed by atoms with Gasteiger partial charge >= 0.3 is 0 Å². The van der Waals surface area contributed by atoms with Crippen molar-refractivity contribution < 1.29 is 81.0 Å². The molecule has 78 heavy (non-hydrogen) atoms. The fourth-order valence-corrected chi connectivity index (χ4v) is 6.96. The lowest BCUT2D eigenvalue weighted by Crippen LogP contribution is -2.41. The summed E-state index contributed by atoms with van der Waals surface area (Å²) in [6.45, 7) is 12.5. The van der Waals surface area contributed by atoms with Gasteiger partial charge in [0, 0.05) is 63.2 Å². The SMILES string of the molecule is CCCN(OCC)C(=O)C1=Cc2ncc(C(=O)Nc3cncc(CN(C)C(=O)CCOCCOCCOCCOCCOCCOCCOCCOCCOCCOCCNC(=O)CN4C(=O)C=CC4=O)c3)cc2N=C(N)C1. The number of hydroxylamine groups is 2. The topological polar surface area (TPSA) is 302 Å². The summed E-state index contributed by atoms with van der Waals surface area (Å²) in [5.74, 6) is -2.14. The lowest BCUT2D eigenvalue weighted by atomic mass is 10.1. The van der Waals surface area contributed by atoms with Gasteiger partial charge in [0.1, 0.15) is 12.4 Å². The monoisotopic (exact) mass is 1100 g/mol. The van der Waals surface area contributed by atoms with Crippen molar-refractivity contribution in [2.45, 2.75) is 39.7 Å².